The molecule has 0 radical (unpaired) electrons. The van der Waals surface area contributed by atoms with E-state index < -0.39 is 16.2 Å². The number of aldehydes is 1. The molecule has 0 heterocycles. The molecule has 10 heavy (non-hydrogen) atoms. The van der Waals surface area contributed by atoms with Crippen LogP contribution in [0.5, 0.6) is 0 Å². The van der Waals surface area contributed by atoms with Gasteiger partial charge in [-0.2, -0.15) is 0 Å². The molecule has 0 rings (SSSR count). The zero-order valence-electron chi connectivity index (χ0n) is 4.82. The summed E-state index contributed by atoms with van der Waals surface area (Å²) in [5, 5.41) is 18.6. The van der Waals surface area contributed by atoms with Gasteiger partial charge in [0, 0.05) is 0 Å². The standard InChI is InChI=1S/C4H6INO4/c5-3(8)2(1-7)6-4(9)10/h1-3,6,8H,(H,9,10)/t2-,3?/m0/s1. The van der Waals surface area contributed by atoms with Crippen LogP contribution in [0.25, 0.3) is 0 Å². The number of aliphatic hydroxyl groups is 1. The Morgan fingerprint density at radius 3 is 2.30 bits per heavy atom. The first-order valence-electron chi connectivity index (χ1n) is 2.35. The van der Waals surface area contributed by atoms with Gasteiger partial charge in [0.2, 0.25) is 0 Å². The normalized spacial score (nSPS) is 15.4. The third kappa shape index (κ3) is 3.62. The van der Waals surface area contributed by atoms with Crippen molar-refractivity contribution in [3.8, 4) is 0 Å². The van der Waals surface area contributed by atoms with E-state index in [1.165, 1.54) is 22.6 Å². The molecule has 3 N–H and O–H groups in total. The van der Waals surface area contributed by atoms with Crippen LogP contribution in [0.3, 0.4) is 0 Å². The zero-order chi connectivity index (χ0) is 8.15. The molecule has 0 saturated carbocycles. The highest BCUT2D eigenvalue weighted by atomic mass is 127. The molecule has 5 nitrogen and oxygen atoms in total. The second-order valence-corrected chi connectivity index (χ2v) is 2.76. The smallest absolute Gasteiger partial charge is 0.405 e. The van der Waals surface area contributed by atoms with Gasteiger partial charge in [0.1, 0.15) is 16.4 Å². The van der Waals surface area contributed by atoms with E-state index in [0.717, 1.165) is 0 Å². The van der Waals surface area contributed by atoms with Crippen molar-refractivity contribution in [3.05, 3.63) is 0 Å². The number of halogens is 1. The van der Waals surface area contributed by atoms with Crippen molar-refractivity contribution in [3.63, 3.8) is 0 Å². The molecule has 58 valence electrons. The maximum Gasteiger partial charge on any atom is 0.405 e. The van der Waals surface area contributed by atoms with Gasteiger partial charge in [0.25, 0.3) is 0 Å². The van der Waals surface area contributed by atoms with Crippen LogP contribution in [0.4, 0.5) is 4.79 Å². The number of rotatable bonds is 3. The fourth-order valence-corrected chi connectivity index (χ4v) is 0.659. The topological polar surface area (TPSA) is 86.6 Å². The van der Waals surface area contributed by atoms with Gasteiger partial charge in [-0.25, -0.2) is 4.79 Å². The van der Waals surface area contributed by atoms with Crippen molar-refractivity contribution >= 4 is 35.0 Å². The number of nitrogens with one attached hydrogen (secondary N) is 1. The van der Waals surface area contributed by atoms with Gasteiger partial charge in [-0.05, 0) is 22.6 Å². The summed E-state index contributed by atoms with van der Waals surface area (Å²) in [5.74, 6) is 0. The van der Waals surface area contributed by atoms with Crippen LogP contribution >= 0.6 is 22.6 Å². The minimum Gasteiger partial charge on any atom is -0.465 e. The SMILES string of the molecule is O=C[C@H](NC(=O)O)C(O)I. The van der Waals surface area contributed by atoms with Crippen LogP contribution in [0.2, 0.25) is 0 Å². The van der Waals surface area contributed by atoms with Gasteiger partial charge in [0.05, 0.1) is 0 Å². The first-order valence-corrected chi connectivity index (χ1v) is 3.59. The summed E-state index contributed by atoms with van der Waals surface area (Å²) in [7, 11) is 0. The van der Waals surface area contributed by atoms with Crippen molar-refractivity contribution in [2.45, 2.75) is 10.2 Å². The molecule has 0 aromatic rings. The van der Waals surface area contributed by atoms with Gasteiger partial charge < -0.3 is 20.3 Å². The second kappa shape index (κ2) is 4.45. The van der Waals surface area contributed by atoms with Crippen LogP contribution in [-0.4, -0.2) is 32.7 Å². The largest absolute Gasteiger partial charge is 0.465 e. The Morgan fingerprint density at radius 2 is 2.20 bits per heavy atom. The van der Waals surface area contributed by atoms with E-state index >= 15 is 0 Å². The molecular formula is C4H6INO4. The lowest BCUT2D eigenvalue weighted by Gasteiger charge is -2.10. The van der Waals surface area contributed by atoms with Crippen LogP contribution in [-0.2, 0) is 4.79 Å². The Labute approximate surface area is 70.6 Å². The van der Waals surface area contributed by atoms with Gasteiger partial charge in [-0.3, -0.25) is 0 Å². The lowest BCUT2D eigenvalue weighted by molar-refractivity contribution is -0.110. The van der Waals surface area contributed by atoms with E-state index in [4.69, 9.17) is 10.2 Å². The van der Waals surface area contributed by atoms with Crippen LogP contribution in [0.15, 0.2) is 0 Å². The Hall–Kier alpha value is -0.370. The minimum atomic E-state index is -1.33. The summed E-state index contributed by atoms with van der Waals surface area (Å²) >= 11 is 1.54. The fraction of sp³-hybridized carbons (Fsp3) is 0.500. The highest BCUT2D eigenvalue weighted by Gasteiger charge is 2.16. The molecule has 0 fully saturated rings. The van der Waals surface area contributed by atoms with Crippen molar-refractivity contribution < 1.29 is 19.8 Å². The Kier molecular flexibility index (Phi) is 4.28. The molecule has 0 aliphatic rings. The van der Waals surface area contributed by atoms with E-state index in [2.05, 4.69) is 0 Å². The molecule has 0 bridgehead atoms. The first-order chi connectivity index (χ1) is 4.57. The third-order valence-electron chi connectivity index (χ3n) is 0.733. The highest BCUT2D eigenvalue weighted by molar-refractivity contribution is 14.1. The first kappa shape index (κ1) is 9.63. The second-order valence-electron chi connectivity index (χ2n) is 1.48. The van der Waals surface area contributed by atoms with Crippen LogP contribution in [0, 0.1) is 0 Å². The molecule has 0 saturated heterocycles. The van der Waals surface area contributed by atoms with Gasteiger partial charge >= 0.3 is 6.09 Å². The van der Waals surface area contributed by atoms with Gasteiger partial charge in [-0.15, -0.1) is 0 Å². The quantitative estimate of drug-likeness (QED) is 0.365. The lowest BCUT2D eigenvalue weighted by atomic mass is 10.4. The number of hydrogen-bond donors (Lipinski definition) is 3. The average molecular weight is 259 g/mol. The Morgan fingerprint density at radius 1 is 1.70 bits per heavy atom. The monoisotopic (exact) mass is 259 g/mol. The summed E-state index contributed by atoms with van der Waals surface area (Å²) in [6, 6.07) is -1.04. The molecule has 1 unspecified atom stereocenters. The van der Waals surface area contributed by atoms with Gasteiger partial charge in [0.15, 0.2) is 0 Å². The van der Waals surface area contributed by atoms with Crippen molar-refractivity contribution in [1.82, 2.24) is 5.32 Å². The van der Waals surface area contributed by atoms with Crippen molar-refractivity contribution in [2.75, 3.05) is 0 Å². The summed E-state index contributed by atoms with van der Waals surface area (Å²) in [6.07, 6.45) is -0.988. The van der Waals surface area contributed by atoms with E-state index in [0.29, 0.717) is 6.29 Å². The predicted molar refractivity (Wildman–Crippen MR) is 41.0 cm³/mol. The number of carboxylic acid groups (broad SMARTS) is 1. The average Bonchev–Trinajstić information content (AvgIpc) is 1.81. The highest BCUT2D eigenvalue weighted by Crippen LogP contribution is 1.99. The number of hydrogen-bond acceptors (Lipinski definition) is 3. The summed E-state index contributed by atoms with van der Waals surface area (Å²) in [6.45, 7) is 0. The van der Waals surface area contributed by atoms with E-state index in [1.807, 2.05) is 5.32 Å². The number of carbonyl (C=O) groups excluding carboxylic acids is 1. The summed E-state index contributed by atoms with van der Waals surface area (Å²) < 4.78 is -1.02. The summed E-state index contributed by atoms with van der Waals surface area (Å²) in [4.78, 5) is 19.9. The number of carbonyl (C=O) groups is 2. The molecule has 0 aromatic carbocycles. The Balaban J connectivity index is 3.83. The fourth-order valence-electron chi connectivity index (χ4n) is 0.310. The molecule has 0 aromatic heterocycles. The van der Waals surface area contributed by atoms with E-state index in [9.17, 15) is 9.59 Å². The maximum atomic E-state index is 9.99. The molecule has 1 amide bonds. The van der Waals surface area contributed by atoms with Crippen molar-refractivity contribution in [1.29, 1.82) is 0 Å². The number of amides is 1. The third-order valence-corrected chi connectivity index (χ3v) is 1.51. The lowest BCUT2D eigenvalue weighted by Crippen LogP contribution is -2.41. The molecule has 0 aliphatic carbocycles. The van der Waals surface area contributed by atoms with E-state index in [1.54, 1.807) is 0 Å². The minimum absolute atomic E-state index is 0.339. The number of aliphatic hydroxyl groups excluding tert-OH is 1. The zero-order valence-corrected chi connectivity index (χ0v) is 6.98. The molecule has 6 heteroatoms. The maximum absolute atomic E-state index is 9.99. The molecule has 0 spiro atoms. The number of alkyl halides is 1. The summed E-state index contributed by atoms with van der Waals surface area (Å²) in [5.41, 5.74) is 0. The Bertz CT molecular complexity index is 137. The predicted octanol–water partition coefficient (Wildman–Crippen LogP) is -0.425. The van der Waals surface area contributed by atoms with Crippen LogP contribution in [0.1, 0.15) is 0 Å². The molecule has 2 atom stereocenters. The van der Waals surface area contributed by atoms with E-state index in [-0.39, 0.29) is 0 Å². The van der Waals surface area contributed by atoms with Gasteiger partial charge in [-0.1, -0.05) is 0 Å². The molecule has 0 aliphatic heterocycles. The molecular weight excluding hydrogens is 253 g/mol. The van der Waals surface area contributed by atoms with Crippen molar-refractivity contribution in [2.24, 2.45) is 0 Å². The van der Waals surface area contributed by atoms with Crippen LogP contribution < -0.4 is 5.32 Å².